The molecule has 0 bridgehead atoms. The summed E-state index contributed by atoms with van der Waals surface area (Å²) in [6.07, 6.45) is 40.1. The highest BCUT2D eigenvalue weighted by atomic mass is 31.2. The van der Waals surface area contributed by atoms with Gasteiger partial charge in [0, 0.05) is 12.8 Å². The largest absolute Gasteiger partial charge is 0.469 e. The van der Waals surface area contributed by atoms with Gasteiger partial charge >= 0.3 is 19.8 Å². The lowest BCUT2D eigenvalue weighted by molar-refractivity contribution is -0.161. The van der Waals surface area contributed by atoms with Crippen LogP contribution in [-0.2, 0) is 28.2 Å². The minimum absolute atomic E-state index is 0.205. The molecule has 0 aromatic rings. The van der Waals surface area contributed by atoms with Crippen LogP contribution in [0.2, 0.25) is 0 Å². The van der Waals surface area contributed by atoms with Crippen LogP contribution in [0.4, 0.5) is 0 Å². The fourth-order valence-electron chi connectivity index (χ4n) is 5.19. The predicted octanol–water partition coefficient (Wildman–Crippen LogP) is 11.2. The Hall–Kier alpha value is -1.99. The zero-order valence-electron chi connectivity index (χ0n) is 30.2. The molecule has 278 valence electrons. The van der Waals surface area contributed by atoms with Crippen LogP contribution < -0.4 is 0 Å². The van der Waals surface area contributed by atoms with Gasteiger partial charge in [-0.3, -0.25) is 14.1 Å². The molecule has 1 atom stereocenters. The number of phosphoric acid groups is 1. The number of carbonyl (C=O) groups is 2. The molecular weight excluding hydrogens is 627 g/mol. The lowest BCUT2D eigenvalue weighted by atomic mass is 10.0. The maximum Gasteiger partial charge on any atom is 0.469 e. The van der Waals surface area contributed by atoms with Gasteiger partial charge in [-0.1, -0.05) is 139 Å². The summed E-state index contributed by atoms with van der Waals surface area (Å²) in [5.74, 6) is -0.909. The summed E-state index contributed by atoms with van der Waals surface area (Å²) in [7, 11) is -4.75. The van der Waals surface area contributed by atoms with E-state index in [1.54, 1.807) is 0 Å². The van der Waals surface area contributed by atoms with Crippen LogP contribution in [0.25, 0.3) is 0 Å². The van der Waals surface area contributed by atoms with E-state index in [1.165, 1.54) is 57.8 Å². The van der Waals surface area contributed by atoms with Crippen molar-refractivity contribution in [2.75, 3.05) is 13.2 Å². The minimum Gasteiger partial charge on any atom is -0.462 e. The molecule has 2 N–H and O–H groups in total. The van der Waals surface area contributed by atoms with Gasteiger partial charge in [0.15, 0.2) is 6.10 Å². The van der Waals surface area contributed by atoms with Crippen molar-refractivity contribution in [3.8, 4) is 0 Å². The molecule has 0 amide bonds. The second-order valence-corrected chi connectivity index (χ2v) is 13.8. The van der Waals surface area contributed by atoms with Gasteiger partial charge in [0.25, 0.3) is 0 Å². The lowest BCUT2D eigenvalue weighted by Crippen LogP contribution is -2.29. The third-order valence-electron chi connectivity index (χ3n) is 7.98. The molecule has 0 heterocycles. The van der Waals surface area contributed by atoms with E-state index in [2.05, 4.69) is 54.5 Å². The van der Waals surface area contributed by atoms with E-state index >= 15 is 0 Å². The summed E-state index contributed by atoms with van der Waals surface area (Å²) < 4.78 is 26.3. The second kappa shape index (κ2) is 34.9. The van der Waals surface area contributed by atoms with Crippen molar-refractivity contribution in [2.24, 2.45) is 0 Å². The first-order valence-electron chi connectivity index (χ1n) is 18.9. The van der Waals surface area contributed by atoms with E-state index in [-0.39, 0.29) is 19.4 Å². The molecule has 0 rings (SSSR count). The molecule has 0 fully saturated rings. The highest BCUT2D eigenvalue weighted by Gasteiger charge is 2.22. The molecule has 0 aromatic carbocycles. The Bertz CT molecular complexity index is 908. The maximum atomic E-state index is 12.4. The molecule has 0 saturated heterocycles. The van der Waals surface area contributed by atoms with Crippen molar-refractivity contribution in [3.63, 3.8) is 0 Å². The van der Waals surface area contributed by atoms with Gasteiger partial charge in [-0.25, -0.2) is 4.57 Å². The molecule has 48 heavy (non-hydrogen) atoms. The van der Waals surface area contributed by atoms with E-state index in [0.29, 0.717) is 12.8 Å². The van der Waals surface area contributed by atoms with Gasteiger partial charge in [-0.15, -0.1) is 6.58 Å². The van der Waals surface area contributed by atoms with Crippen molar-refractivity contribution < 1.29 is 37.9 Å². The SMILES string of the molecule is C=CCCCCCCCCCCCCCCCC(=O)O[C@H](COC(=O)CCCCCCC/C=C/C/C=C/C/C=C/CC)COP(=O)(O)O. The quantitative estimate of drug-likeness (QED) is 0.0291. The Morgan fingerprint density at radius 2 is 1.04 bits per heavy atom. The van der Waals surface area contributed by atoms with Crippen LogP contribution in [0.1, 0.15) is 167 Å². The second-order valence-electron chi connectivity index (χ2n) is 12.6. The summed E-state index contributed by atoms with van der Waals surface area (Å²) in [4.78, 5) is 42.7. The number of ether oxygens (including phenoxy) is 2. The van der Waals surface area contributed by atoms with Gasteiger partial charge < -0.3 is 19.3 Å². The van der Waals surface area contributed by atoms with E-state index < -0.39 is 32.5 Å². The molecule has 9 heteroatoms. The Morgan fingerprint density at radius 1 is 0.604 bits per heavy atom. The lowest BCUT2D eigenvalue weighted by Gasteiger charge is -2.18. The zero-order chi connectivity index (χ0) is 35.4. The Labute approximate surface area is 293 Å². The number of allylic oxidation sites excluding steroid dienone is 7. The molecule has 0 aliphatic rings. The van der Waals surface area contributed by atoms with E-state index in [9.17, 15) is 14.2 Å². The van der Waals surface area contributed by atoms with Crippen LogP contribution in [0.15, 0.2) is 49.1 Å². The fraction of sp³-hybridized carbons (Fsp3) is 0.744. The van der Waals surface area contributed by atoms with Crippen LogP contribution in [-0.4, -0.2) is 41.0 Å². The molecule has 0 spiro atoms. The summed E-state index contributed by atoms with van der Waals surface area (Å²) in [6.45, 7) is 5.06. The van der Waals surface area contributed by atoms with Crippen molar-refractivity contribution in [1.82, 2.24) is 0 Å². The van der Waals surface area contributed by atoms with Gasteiger partial charge in [-0.05, 0) is 57.8 Å². The predicted molar refractivity (Wildman–Crippen MR) is 198 cm³/mol. The molecule has 0 radical (unpaired) electrons. The Kier molecular flexibility index (Phi) is 33.4. The summed E-state index contributed by atoms with van der Waals surface area (Å²) in [5.41, 5.74) is 0. The molecule has 0 aromatic heterocycles. The third kappa shape index (κ3) is 36.8. The molecule has 0 aliphatic carbocycles. The number of hydrogen-bond acceptors (Lipinski definition) is 6. The molecular formula is C39H69O8P. The monoisotopic (exact) mass is 696 g/mol. The standard InChI is InChI=1S/C39H69O8P/c1-3-5-7-9-11-13-15-17-19-21-23-25-27-29-31-33-38(40)45-35-37(36-46-48(42,43)44)47-39(41)34-32-30-28-26-24-22-20-18-16-14-12-10-8-6-4-2/h4-5,7,11,13,17,19,37H,2-3,6,8-10,12,14-16,18,20-36H2,1H3,(H2,42,43,44)/b7-5+,13-11+,19-17+/t37-/m1/s1. The van der Waals surface area contributed by atoms with Gasteiger partial charge in [0.1, 0.15) is 6.61 Å². The number of esters is 2. The Balaban J connectivity index is 3.97. The van der Waals surface area contributed by atoms with Crippen molar-refractivity contribution in [1.29, 1.82) is 0 Å². The molecule has 0 saturated carbocycles. The van der Waals surface area contributed by atoms with Crippen molar-refractivity contribution in [3.05, 3.63) is 49.1 Å². The normalized spacial score (nSPS) is 12.7. The number of hydrogen-bond donors (Lipinski definition) is 2. The molecule has 8 nitrogen and oxygen atoms in total. The van der Waals surface area contributed by atoms with E-state index in [4.69, 9.17) is 19.3 Å². The highest BCUT2D eigenvalue weighted by Crippen LogP contribution is 2.36. The zero-order valence-corrected chi connectivity index (χ0v) is 31.1. The average Bonchev–Trinajstić information content (AvgIpc) is 3.05. The first kappa shape index (κ1) is 46.0. The molecule has 0 unspecified atom stereocenters. The Morgan fingerprint density at radius 3 is 1.54 bits per heavy atom. The number of phosphoric ester groups is 1. The van der Waals surface area contributed by atoms with Crippen molar-refractivity contribution >= 4 is 19.8 Å². The topological polar surface area (TPSA) is 119 Å². The van der Waals surface area contributed by atoms with E-state index in [0.717, 1.165) is 77.0 Å². The third-order valence-corrected chi connectivity index (χ3v) is 8.46. The minimum atomic E-state index is -4.75. The molecule has 0 aliphatic heterocycles. The summed E-state index contributed by atoms with van der Waals surface area (Å²) in [5, 5.41) is 0. The number of unbranched alkanes of at least 4 members (excludes halogenated alkanes) is 18. The van der Waals surface area contributed by atoms with Gasteiger partial charge in [0.05, 0.1) is 6.61 Å². The van der Waals surface area contributed by atoms with Crippen LogP contribution in [0, 0.1) is 0 Å². The summed E-state index contributed by atoms with van der Waals surface area (Å²) >= 11 is 0. The fourth-order valence-corrected chi connectivity index (χ4v) is 5.55. The van der Waals surface area contributed by atoms with E-state index in [1.807, 2.05) is 6.08 Å². The average molecular weight is 697 g/mol. The smallest absolute Gasteiger partial charge is 0.462 e. The van der Waals surface area contributed by atoms with Gasteiger partial charge in [-0.2, -0.15) is 0 Å². The van der Waals surface area contributed by atoms with Crippen molar-refractivity contribution in [2.45, 2.75) is 174 Å². The maximum absolute atomic E-state index is 12.4. The van der Waals surface area contributed by atoms with Crippen LogP contribution in [0.5, 0.6) is 0 Å². The first-order chi connectivity index (χ1) is 23.3. The van der Waals surface area contributed by atoms with Crippen LogP contribution in [0.3, 0.4) is 0 Å². The number of rotatable bonds is 35. The van der Waals surface area contributed by atoms with Gasteiger partial charge in [0.2, 0.25) is 0 Å². The first-order valence-corrected chi connectivity index (χ1v) is 20.4. The summed E-state index contributed by atoms with van der Waals surface area (Å²) in [6, 6.07) is 0. The van der Waals surface area contributed by atoms with Crippen LogP contribution >= 0.6 is 7.82 Å². The highest BCUT2D eigenvalue weighted by molar-refractivity contribution is 7.46. The number of carbonyl (C=O) groups excluding carboxylic acids is 2.